The van der Waals surface area contributed by atoms with Gasteiger partial charge in [-0.25, -0.2) is 0 Å². The predicted molar refractivity (Wildman–Crippen MR) is 62.5 cm³/mol. The zero-order chi connectivity index (χ0) is 9.68. The molecule has 0 aromatic carbocycles. The van der Waals surface area contributed by atoms with Crippen LogP contribution in [0.5, 0.6) is 0 Å². The molecular formula is C11H23NS. The molecule has 0 bridgehead atoms. The molecule has 2 atom stereocenters. The van der Waals surface area contributed by atoms with E-state index in [2.05, 4.69) is 31.5 Å². The number of thiol groups is 1. The van der Waals surface area contributed by atoms with Gasteiger partial charge in [-0.05, 0) is 44.5 Å². The first-order valence-corrected chi connectivity index (χ1v) is 6.18. The fraction of sp³-hybridized carbons (Fsp3) is 1.00. The lowest BCUT2D eigenvalue weighted by Gasteiger charge is -2.34. The predicted octanol–water partition coefficient (Wildman–Crippen LogP) is 2.82. The third-order valence-electron chi connectivity index (χ3n) is 3.20. The van der Waals surface area contributed by atoms with Crippen LogP contribution in [0.4, 0.5) is 0 Å². The van der Waals surface area contributed by atoms with Crippen LogP contribution in [0.15, 0.2) is 0 Å². The molecule has 0 aliphatic heterocycles. The normalized spacial score (nSPS) is 29.5. The Morgan fingerprint density at radius 1 is 1.38 bits per heavy atom. The van der Waals surface area contributed by atoms with Gasteiger partial charge >= 0.3 is 0 Å². The van der Waals surface area contributed by atoms with E-state index in [0.29, 0.717) is 0 Å². The summed E-state index contributed by atoms with van der Waals surface area (Å²) in [4.78, 5) is 2.53. The van der Waals surface area contributed by atoms with Gasteiger partial charge in [-0.2, -0.15) is 12.6 Å². The van der Waals surface area contributed by atoms with Gasteiger partial charge in [0, 0.05) is 6.04 Å². The number of rotatable bonds is 4. The summed E-state index contributed by atoms with van der Waals surface area (Å²) in [5, 5.41) is 0. The van der Waals surface area contributed by atoms with E-state index >= 15 is 0 Å². The fourth-order valence-electron chi connectivity index (χ4n) is 2.31. The maximum absolute atomic E-state index is 4.25. The Hall–Kier alpha value is 0.310. The van der Waals surface area contributed by atoms with Gasteiger partial charge < -0.3 is 4.90 Å². The molecule has 13 heavy (non-hydrogen) atoms. The maximum Gasteiger partial charge on any atom is 0.00947 e. The highest BCUT2D eigenvalue weighted by Crippen LogP contribution is 2.26. The Morgan fingerprint density at radius 2 is 2.15 bits per heavy atom. The first-order valence-electron chi connectivity index (χ1n) is 5.55. The van der Waals surface area contributed by atoms with Crippen LogP contribution in [0, 0.1) is 5.92 Å². The van der Waals surface area contributed by atoms with Crippen molar-refractivity contribution in [3.05, 3.63) is 0 Å². The van der Waals surface area contributed by atoms with E-state index in [1.54, 1.807) is 0 Å². The molecule has 0 saturated heterocycles. The van der Waals surface area contributed by atoms with Crippen molar-refractivity contribution in [3.8, 4) is 0 Å². The first kappa shape index (κ1) is 11.4. The van der Waals surface area contributed by atoms with Crippen LogP contribution in [0.3, 0.4) is 0 Å². The average Bonchev–Trinajstić information content (AvgIpc) is 2.14. The van der Waals surface area contributed by atoms with E-state index in [-0.39, 0.29) is 0 Å². The molecule has 0 heterocycles. The minimum Gasteiger partial charge on any atom is -0.303 e. The van der Waals surface area contributed by atoms with Crippen LogP contribution in [0.1, 0.15) is 39.0 Å². The Kier molecular flexibility index (Phi) is 5.18. The van der Waals surface area contributed by atoms with Crippen molar-refractivity contribution >= 4 is 12.6 Å². The monoisotopic (exact) mass is 201 g/mol. The summed E-state index contributed by atoms with van der Waals surface area (Å²) >= 11 is 4.25. The van der Waals surface area contributed by atoms with Crippen molar-refractivity contribution in [2.24, 2.45) is 5.92 Å². The summed E-state index contributed by atoms with van der Waals surface area (Å²) < 4.78 is 0. The van der Waals surface area contributed by atoms with Crippen molar-refractivity contribution in [2.45, 2.75) is 45.1 Å². The van der Waals surface area contributed by atoms with Crippen LogP contribution in [0.25, 0.3) is 0 Å². The maximum atomic E-state index is 4.25. The van der Waals surface area contributed by atoms with Gasteiger partial charge in [-0.1, -0.05) is 19.8 Å². The lowest BCUT2D eigenvalue weighted by molar-refractivity contribution is 0.165. The molecule has 78 valence electrons. The molecule has 0 aromatic rings. The minimum atomic E-state index is 0.851. The SMILES string of the molecule is CC1CCCC(N(C)CCCS)C1. The van der Waals surface area contributed by atoms with E-state index in [0.717, 1.165) is 17.7 Å². The molecule has 0 radical (unpaired) electrons. The molecular weight excluding hydrogens is 178 g/mol. The second-order valence-corrected chi connectivity index (χ2v) is 4.93. The lowest BCUT2D eigenvalue weighted by atomic mass is 9.86. The smallest absolute Gasteiger partial charge is 0.00947 e. The molecule has 1 aliphatic carbocycles. The molecule has 0 amide bonds. The van der Waals surface area contributed by atoms with Crippen molar-refractivity contribution < 1.29 is 0 Å². The summed E-state index contributed by atoms with van der Waals surface area (Å²) in [6.45, 7) is 3.61. The molecule has 1 saturated carbocycles. The topological polar surface area (TPSA) is 3.24 Å². The van der Waals surface area contributed by atoms with Gasteiger partial charge in [0.25, 0.3) is 0 Å². The van der Waals surface area contributed by atoms with Gasteiger partial charge in [0.05, 0.1) is 0 Å². The number of nitrogens with zero attached hydrogens (tertiary/aromatic N) is 1. The third-order valence-corrected chi connectivity index (χ3v) is 3.52. The average molecular weight is 201 g/mol. The van der Waals surface area contributed by atoms with E-state index in [1.807, 2.05) is 0 Å². The number of hydrogen-bond donors (Lipinski definition) is 1. The third kappa shape index (κ3) is 3.90. The molecule has 2 unspecified atom stereocenters. The summed E-state index contributed by atoms with van der Waals surface area (Å²) in [5.74, 6) is 1.96. The van der Waals surface area contributed by atoms with E-state index in [1.165, 1.54) is 38.6 Å². The fourth-order valence-corrected chi connectivity index (χ4v) is 2.45. The van der Waals surface area contributed by atoms with Crippen LogP contribution in [0.2, 0.25) is 0 Å². The highest BCUT2D eigenvalue weighted by molar-refractivity contribution is 7.80. The highest BCUT2D eigenvalue weighted by atomic mass is 32.1. The molecule has 0 aromatic heterocycles. The minimum absolute atomic E-state index is 0.851. The van der Waals surface area contributed by atoms with Gasteiger partial charge in [0.1, 0.15) is 0 Å². The molecule has 2 heteroatoms. The number of hydrogen-bond acceptors (Lipinski definition) is 2. The Balaban J connectivity index is 2.24. The first-order chi connectivity index (χ1) is 6.24. The molecule has 1 fully saturated rings. The summed E-state index contributed by atoms with van der Waals surface area (Å²) in [7, 11) is 2.27. The van der Waals surface area contributed by atoms with Gasteiger partial charge in [-0.15, -0.1) is 0 Å². The Labute approximate surface area is 88.3 Å². The molecule has 1 nitrogen and oxygen atoms in total. The van der Waals surface area contributed by atoms with E-state index in [4.69, 9.17) is 0 Å². The Morgan fingerprint density at radius 3 is 2.77 bits per heavy atom. The van der Waals surface area contributed by atoms with E-state index < -0.39 is 0 Å². The largest absolute Gasteiger partial charge is 0.303 e. The zero-order valence-corrected chi connectivity index (χ0v) is 9.89. The molecule has 1 rings (SSSR count). The van der Waals surface area contributed by atoms with E-state index in [9.17, 15) is 0 Å². The van der Waals surface area contributed by atoms with Gasteiger partial charge in [0.15, 0.2) is 0 Å². The summed E-state index contributed by atoms with van der Waals surface area (Å²) in [6.07, 6.45) is 6.91. The Bertz CT molecular complexity index is 138. The molecule has 0 N–H and O–H groups in total. The summed E-state index contributed by atoms with van der Waals surface area (Å²) in [5.41, 5.74) is 0. The molecule has 0 spiro atoms. The van der Waals surface area contributed by atoms with Crippen molar-refractivity contribution in [1.82, 2.24) is 4.90 Å². The quantitative estimate of drug-likeness (QED) is 0.685. The van der Waals surface area contributed by atoms with Gasteiger partial charge in [0.2, 0.25) is 0 Å². The standard InChI is InChI=1S/C11H23NS/c1-10-5-3-6-11(9-10)12(2)7-4-8-13/h10-11,13H,3-9H2,1-2H3. The highest BCUT2D eigenvalue weighted by Gasteiger charge is 2.21. The van der Waals surface area contributed by atoms with Crippen LogP contribution >= 0.6 is 12.6 Å². The van der Waals surface area contributed by atoms with Crippen LogP contribution in [-0.2, 0) is 0 Å². The van der Waals surface area contributed by atoms with Crippen molar-refractivity contribution in [3.63, 3.8) is 0 Å². The van der Waals surface area contributed by atoms with Gasteiger partial charge in [-0.3, -0.25) is 0 Å². The second-order valence-electron chi connectivity index (χ2n) is 4.48. The zero-order valence-electron chi connectivity index (χ0n) is 9.00. The molecule has 1 aliphatic rings. The van der Waals surface area contributed by atoms with Crippen molar-refractivity contribution in [1.29, 1.82) is 0 Å². The van der Waals surface area contributed by atoms with Crippen molar-refractivity contribution in [2.75, 3.05) is 19.3 Å². The summed E-state index contributed by atoms with van der Waals surface area (Å²) in [6, 6.07) is 0.851. The second kappa shape index (κ2) is 5.92. The van der Waals surface area contributed by atoms with Crippen LogP contribution in [-0.4, -0.2) is 30.3 Å². The lowest BCUT2D eigenvalue weighted by Crippen LogP contribution is -2.36. The van der Waals surface area contributed by atoms with Crippen LogP contribution < -0.4 is 0 Å².